The molecule has 3 N–H and O–H groups in total. The van der Waals surface area contributed by atoms with Crippen molar-refractivity contribution < 1.29 is 28.2 Å². The highest BCUT2D eigenvalue weighted by atomic mass is 19.1. The molecule has 0 aliphatic carbocycles. The van der Waals surface area contributed by atoms with E-state index in [-0.39, 0.29) is 31.0 Å². The van der Waals surface area contributed by atoms with Crippen LogP contribution in [0.5, 0.6) is 0 Å². The molecule has 3 heterocycles. The number of benzene rings is 1. The van der Waals surface area contributed by atoms with E-state index in [0.29, 0.717) is 11.3 Å². The lowest BCUT2D eigenvalue weighted by Gasteiger charge is -2.27. The highest BCUT2D eigenvalue weighted by molar-refractivity contribution is 5.84. The molecule has 4 atom stereocenters. The molecule has 0 radical (unpaired) electrons. The molecule has 0 saturated carbocycles. The van der Waals surface area contributed by atoms with Gasteiger partial charge in [-0.2, -0.15) is 9.97 Å². The molecule has 1 aliphatic rings. The molecule has 4 rings (SSSR count). The number of alkyl halides is 1. The number of fused-ring (bicyclic) bond motifs is 1. The molecule has 0 bridgehead atoms. The van der Waals surface area contributed by atoms with Crippen molar-refractivity contribution in [2.75, 3.05) is 24.7 Å². The van der Waals surface area contributed by atoms with Gasteiger partial charge in [0.05, 0.1) is 12.7 Å². The minimum absolute atomic E-state index is 0.0403. The Morgan fingerprint density at radius 1 is 1.26 bits per heavy atom. The number of anilines is 2. The number of carbonyl (C=O) groups excluding carboxylic acids is 2. The summed E-state index contributed by atoms with van der Waals surface area (Å²) in [6.07, 6.45) is -2.30. The van der Waals surface area contributed by atoms with Crippen LogP contribution >= 0.6 is 0 Å². The van der Waals surface area contributed by atoms with E-state index in [1.807, 2.05) is 6.07 Å². The molecule has 0 amide bonds. The number of hydrogen-bond donors (Lipinski definition) is 2. The van der Waals surface area contributed by atoms with Crippen LogP contribution in [-0.4, -0.2) is 63.0 Å². The van der Waals surface area contributed by atoms with Crippen molar-refractivity contribution in [3.05, 3.63) is 42.2 Å². The van der Waals surface area contributed by atoms with Gasteiger partial charge in [-0.3, -0.25) is 14.2 Å². The van der Waals surface area contributed by atoms with E-state index in [2.05, 4.69) is 20.3 Å². The minimum atomic E-state index is -2.23. The van der Waals surface area contributed by atoms with Crippen LogP contribution in [0.15, 0.2) is 36.7 Å². The Bertz CT molecular complexity index is 1220. The summed E-state index contributed by atoms with van der Waals surface area (Å²) in [4.78, 5) is 37.0. The fourth-order valence-electron chi connectivity index (χ4n) is 4.03. The summed E-state index contributed by atoms with van der Waals surface area (Å²) in [5.74, 6) is -0.801. The van der Waals surface area contributed by atoms with Gasteiger partial charge >= 0.3 is 11.9 Å². The summed E-state index contributed by atoms with van der Waals surface area (Å²) < 4.78 is 34.5. The zero-order valence-electron chi connectivity index (χ0n) is 19.6. The number of rotatable bonds is 8. The van der Waals surface area contributed by atoms with Crippen LogP contribution in [0.3, 0.4) is 0 Å². The van der Waals surface area contributed by atoms with Gasteiger partial charge in [0.2, 0.25) is 5.95 Å². The van der Waals surface area contributed by atoms with Crippen LogP contribution in [0.25, 0.3) is 11.2 Å². The van der Waals surface area contributed by atoms with Gasteiger partial charge in [-0.15, -0.1) is 0 Å². The first-order chi connectivity index (χ1) is 16.7. The Morgan fingerprint density at radius 3 is 2.69 bits per heavy atom. The Morgan fingerprint density at radius 2 is 2.00 bits per heavy atom. The Hall–Kier alpha value is -3.80. The largest absolute Gasteiger partial charge is 0.463 e. The van der Waals surface area contributed by atoms with Gasteiger partial charge in [0.15, 0.2) is 35.0 Å². The lowest BCUT2D eigenvalue weighted by atomic mass is 9.98. The highest BCUT2D eigenvalue weighted by Gasteiger charge is 2.58. The number of nitrogens with one attached hydrogen (secondary N) is 1. The van der Waals surface area contributed by atoms with E-state index in [1.165, 1.54) is 17.8 Å². The quantitative estimate of drug-likeness (QED) is 0.455. The normalized spacial score (nSPS) is 23.8. The van der Waals surface area contributed by atoms with Crippen LogP contribution in [-0.2, 0) is 30.2 Å². The number of nitrogen functional groups attached to an aromatic ring is 1. The number of imidazole rings is 1. The number of hydrogen-bond acceptors (Lipinski definition) is 10. The van der Waals surface area contributed by atoms with E-state index in [1.54, 1.807) is 38.2 Å². The van der Waals surface area contributed by atoms with Crippen LogP contribution in [0, 0.1) is 0 Å². The lowest BCUT2D eigenvalue weighted by Crippen LogP contribution is -2.44. The Kier molecular flexibility index (Phi) is 6.83. The maximum Gasteiger partial charge on any atom is 0.310 e. The maximum absolute atomic E-state index is 16.4. The molecule has 12 heteroatoms. The number of halogens is 1. The van der Waals surface area contributed by atoms with E-state index < -0.39 is 36.0 Å². The van der Waals surface area contributed by atoms with Crippen molar-refractivity contribution in [1.82, 2.24) is 19.5 Å². The topological polar surface area (TPSA) is 143 Å². The summed E-state index contributed by atoms with van der Waals surface area (Å²) in [7, 11) is 1.64. The molecule has 3 aromatic rings. The third-order valence-electron chi connectivity index (χ3n) is 5.76. The van der Waals surface area contributed by atoms with Gasteiger partial charge in [0.25, 0.3) is 0 Å². The summed E-state index contributed by atoms with van der Waals surface area (Å²) in [5, 5.41) is 2.87. The molecule has 11 nitrogen and oxygen atoms in total. The maximum atomic E-state index is 16.4. The van der Waals surface area contributed by atoms with Crippen LogP contribution in [0.4, 0.5) is 16.2 Å². The van der Waals surface area contributed by atoms with Crippen LogP contribution in [0.2, 0.25) is 0 Å². The molecule has 35 heavy (non-hydrogen) atoms. The number of nitrogens with zero attached hydrogens (tertiary/aromatic N) is 4. The van der Waals surface area contributed by atoms with Gasteiger partial charge in [-0.25, -0.2) is 9.37 Å². The molecule has 186 valence electrons. The molecule has 1 aromatic carbocycles. The molecule has 0 spiro atoms. The summed E-state index contributed by atoms with van der Waals surface area (Å²) in [5.41, 5.74) is 4.90. The van der Waals surface area contributed by atoms with Crippen molar-refractivity contribution in [1.29, 1.82) is 0 Å². The first-order valence-corrected chi connectivity index (χ1v) is 11.2. The number of aromatic nitrogens is 4. The van der Waals surface area contributed by atoms with Crippen LogP contribution < -0.4 is 11.1 Å². The van der Waals surface area contributed by atoms with Gasteiger partial charge < -0.3 is 25.3 Å². The van der Waals surface area contributed by atoms with Crippen molar-refractivity contribution in [3.63, 3.8) is 0 Å². The molecule has 1 saturated heterocycles. The minimum Gasteiger partial charge on any atom is -0.463 e. The van der Waals surface area contributed by atoms with Gasteiger partial charge in [-0.05, 0) is 12.5 Å². The summed E-state index contributed by atoms with van der Waals surface area (Å²) >= 11 is 0. The second-order valence-corrected chi connectivity index (χ2v) is 8.29. The van der Waals surface area contributed by atoms with E-state index in [0.717, 1.165) is 5.56 Å². The second-order valence-electron chi connectivity index (χ2n) is 8.29. The van der Waals surface area contributed by atoms with Gasteiger partial charge in [0.1, 0.15) is 12.7 Å². The number of ether oxygens (including phenoxy) is 3. The smallest absolute Gasteiger partial charge is 0.310 e. The molecule has 0 unspecified atom stereocenters. The zero-order valence-corrected chi connectivity index (χ0v) is 19.6. The van der Waals surface area contributed by atoms with Crippen molar-refractivity contribution in [3.8, 4) is 0 Å². The molecule has 1 fully saturated rings. The van der Waals surface area contributed by atoms with Crippen molar-refractivity contribution in [2.45, 2.75) is 50.8 Å². The Labute approximate surface area is 200 Å². The lowest BCUT2D eigenvalue weighted by molar-refractivity contribution is -0.160. The van der Waals surface area contributed by atoms with Crippen molar-refractivity contribution >= 4 is 34.9 Å². The average Bonchev–Trinajstić information content (AvgIpc) is 3.35. The summed E-state index contributed by atoms with van der Waals surface area (Å²) in [6.45, 7) is 2.60. The van der Waals surface area contributed by atoms with Crippen LogP contribution in [0.1, 0.15) is 32.1 Å². The molecule has 2 aromatic heterocycles. The average molecular weight is 487 g/mol. The van der Waals surface area contributed by atoms with Gasteiger partial charge in [0, 0.05) is 13.5 Å². The monoisotopic (exact) mass is 486 g/mol. The zero-order chi connectivity index (χ0) is 25.2. The SMILES string of the molecule is CCC(=O)OC[C@H]1O[C@@H](n2cnc3c(NC)nc(N)nc32)[C@](C)(F)[C@@H]1OC(=O)Cc1ccccc1. The first kappa shape index (κ1) is 24.3. The molecular weight excluding hydrogens is 459 g/mol. The predicted molar refractivity (Wildman–Crippen MR) is 124 cm³/mol. The molecule has 1 aliphatic heterocycles. The number of nitrogens with two attached hydrogens (primary N) is 1. The highest BCUT2D eigenvalue weighted by Crippen LogP contribution is 2.44. The Balaban J connectivity index is 1.65. The predicted octanol–water partition coefficient (Wildman–Crippen LogP) is 2.18. The number of esters is 2. The fraction of sp³-hybridized carbons (Fsp3) is 0.435. The fourth-order valence-corrected chi connectivity index (χ4v) is 4.03. The first-order valence-electron chi connectivity index (χ1n) is 11.2. The van der Waals surface area contributed by atoms with Crippen molar-refractivity contribution in [2.24, 2.45) is 0 Å². The third kappa shape index (κ3) is 4.87. The van der Waals surface area contributed by atoms with Gasteiger partial charge in [-0.1, -0.05) is 37.3 Å². The summed E-state index contributed by atoms with van der Waals surface area (Å²) in [6, 6.07) is 8.95. The standard InChI is InChI=1S/C23H27FN6O5/c1-4-15(31)33-11-14-18(35-16(32)10-13-8-6-5-7-9-13)23(2,24)21(34-14)30-12-27-17-19(26-3)28-22(25)29-20(17)30/h5-9,12,14,18,21H,4,10-11H2,1-3H3,(H3,25,26,28,29)/t14-,18-,21-,23-/m1/s1. The second kappa shape index (κ2) is 9.82. The van der Waals surface area contributed by atoms with E-state index in [4.69, 9.17) is 19.9 Å². The van der Waals surface area contributed by atoms with E-state index >= 15 is 4.39 Å². The number of carbonyl (C=O) groups is 2. The third-order valence-corrected chi connectivity index (χ3v) is 5.76. The van der Waals surface area contributed by atoms with E-state index in [9.17, 15) is 9.59 Å². The molecular formula is C23H27FN6O5.